The van der Waals surface area contributed by atoms with Gasteiger partial charge in [0.15, 0.2) is 5.78 Å². The molecule has 20 heavy (non-hydrogen) atoms. The Balaban J connectivity index is 2.02. The van der Waals surface area contributed by atoms with E-state index in [0.717, 1.165) is 3.79 Å². The fourth-order valence-corrected chi connectivity index (χ4v) is 3.25. The average Bonchev–Trinajstić information content (AvgIpc) is 2.95. The minimum atomic E-state index is -0.447. The van der Waals surface area contributed by atoms with Crippen molar-refractivity contribution in [1.29, 1.82) is 0 Å². The summed E-state index contributed by atoms with van der Waals surface area (Å²) in [7, 11) is 0. The Kier molecular flexibility index (Phi) is 3.27. The number of thiophene rings is 1. The maximum atomic E-state index is 13.3. The maximum absolute atomic E-state index is 13.3. The largest absolute Gasteiger partial charge is 0.321 e. The molecule has 2 aromatic rings. The van der Waals surface area contributed by atoms with E-state index in [9.17, 15) is 14.0 Å². The summed E-state index contributed by atoms with van der Waals surface area (Å²) < 4.78 is 14.1. The Morgan fingerprint density at radius 3 is 2.80 bits per heavy atom. The topological polar surface area (TPSA) is 46.2 Å². The zero-order valence-corrected chi connectivity index (χ0v) is 12.3. The molecular weight excluding hydrogens is 345 g/mol. The fourth-order valence-electron chi connectivity index (χ4n) is 1.95. The summed E-state index contributed by atoms with van der Waals surface area (Å²) in [5.41, 5.74) is 1.12. The number of ketones is 1. The van der Waals surface area contributed by atoms with E-state index in [1.807, 2.05) is 0 Å². The molecule has 0 spiro atoms. The van der Waals surface area contributed by atoms with Crippen LogP contribution in [0.25, 0.3) is 5.57 Å². The molecule has 0 radical (unpaired) electrons. The number of hydrogen-bond donors (Lipinski definition) is 1. The molecule has 1 aromatic carbocycles. The van der Waals surface area contributed by atoms with Crippen LogP contribution in [0, 0.1) is 5.82 Å². The number of nitrogens with one attached hydrogen (secondary N) is 1. The molecule has 1 aromatic heterocycles. The highest BCUT2D eigenvalue weighted by Crippen LogP contribution is 2.33. The number of rotatable bonds is 2. The molecule has 0 saturated carbocycles. The van der Waals surface area contributed by atoms with Gasteiger partial charge in [-0.3, -0.25) is 9.59 Å². The first-order chi connectivity index (χ1) is 9.54. The summed E-state index contributed by atoms with van der Waals surface area (Å²) in [6.45, 7) is 0. The van der Waals surface area contributed by atoms with Gasteiger partial charge in [-0.1, -0.05) is 0 Å². The number of fused-ring (bicyclic) bond motifs is 1. The van der Waals surface area contributed by atoms with Crippen molar-refractivity contribution in [2.45, 2.75) is 0 Å². The Hall–Kier alpha value is -1.79. The van der Waals surface area contributed by atoms with E-state index in [1.165, 1.54) is 35.6 Å². The van der Waals surface area contributed by atoms with Crippen molar-refractivity contribution < 1.29 is 14.0 Å². The number of anilines is 1. The van der Waals surface area contributed by atoms with Crippen LogP contribution in [0.3, 0.4) is 0 Å². The Labute approximate surface area is 126 Å². The molecule has 1 amide bonds. The molecule has 0 atom stereocenters. The van der Waals surface area contributed by atoms with Crippen LogP contribution in [-0.2, 0) is 4.79 Å². The highest BCUT2D eigenvalue weighted by Gasteiger charge is 2.25. The van der Waals surface area contributed by atoms with Crippen LogP contribution in [0.4, 0.5) is 10.1 Å². The molecule has 2 heterocycles. The quantitative estimate of drug-likeness (QED) is 0.659. The van der Waals surface area contributed by atoms with Crippen molar-refractivity contribution >= 4 is 50.2 Å². The standard InChI is InChI=1S/C14H7BrFNO2S/c15-13-4-3-12(20-13)11(18)6-9-8-5-7(16)1-2-10(8)17-14(9)19/h1-6H,(H,17,19). The van der Waals surface area contributed by atoms with E-state index in [1.54, 1.807) is 12.1 Å². The van der Waals surface area contributed by atoms with Gasteiger partial charge in [0.05, 0.1) is 14.2 Å². The number of benzene rings is 1. The van der Waals surface area contributed by atoms with Gasteiger partial charge in [-0.15, -0.1) is 11.3 Å². The highest BCUT2D eigenvalue weighted by molar-refractivity contribution is 9.11. The second kappa shape index (κ2) is 4.96. The van der Waals surface area contributed by atoms with E-state index < -0.39 is 11.7 Å². The van der Waals surface area contributed by atoms with Gasteiger partial charge in [0.2, 0.25) is 0 Å². The Morgan fingerprint density at radius 2 is 2.10 bits per heavy atom. The third kappa shape index (κ3) is 2.32. The first kappa shape index (κ1) is 13.2. The molecule has 0 unspecified atom stereocenters. The summed E-state index contributed by atoms with van der Waals surface area (Å²) in [5, 5.41) is 2.60. The lowest BCUT2D eigenvalue weighted by Crippen LogP contribution is -2.05. The van der Waals surface area contributed by atoms with Crippen molar-refractivity contribution in [2.75, 3.05) is 5.32 Å². The average molecular weight is 352 g/mol. The Bertz CT molecular complexity index is 766. The smallest absolute Gasteiger partial charge is 0.256 e. The molecule has 0 aliphatic carbocycles. The number of carbonyl (C=O) groups excluding carboxylic acids is 2. The van der Waals surface area contributed by atoms with Gasteiger partial charge in [-0.05, 0) is 46.3 Å². The van der Waals surface area contributed by atoms with Crippen LogP contribution < -0.4 is 5.32 Å². The molecular formula is C14H7BrFNO2S. The molecule has 1 N–H and O–H groups in total. The normalized spacial score (nSPS) is 15.3. The first-order valence-electron chi connectivity index (χ1n) is 5.67. The summed E-state index contributed by atoms with van der Waals surface area (Å²) in [6, 6.07) is 7.43. The first-order valence-corrected chi connectivity index (χ1v) is 7.28. The predicted octanol–water partition coefficient (Wildman–Crippen LogP) is 3.87. The summed E-state index contributed by atoms with van der Waals surface area (Å²) in [4.78, 5) is 24.5. The van der Waals surface area contributed by atoms with Crippen LogP contribution >= 0.6 is 27.3 Å². The molecule has 6 heteroatoms. The number of carbonyl (C=O) groups is 2. The maximum Gasteiger partial charge on any atom is 0.256 e. The lowest BCUT2D eigenvalue weighted by atomic mass is 10.1. The number of hydrogen-bond acceptors (Lipinski definition) is 3. The fraction of sp³-hybridized carbons (Fsp3) is 0. The van der Waals surface area contributed by atoms with Gasteiger partial charge in [0, 0.05) is 17.3 Å². The van der Waals surface area contributed by atoms with Gasteiger partial charge < -0.3 is 5.32 Å². The van der Waals surface area contributed by atoms with Crippen LogP contribution in [0.15, 0.2) is 40.2 Å². The van der Waals surface area contributed by atoms with Gasteiger partial charge in [0.25, 0.3) is 5.91 Å². The van der Waals surface area contributed by atoms with Crippen molar-refractivity contribution in [3.8, 4) is 0 Å². The molecule has 3 nitrogen and oxygen atoms in total. The zero-order chi connectivity index (χ0) is 14.3. The van der Waals surface area contributed by atoms with E-state index in [2.05, 4.69) is 21.2 Å². The molecule has 0 bridgehead atoms. The monoisotopic (exact) mass is 351 g/mol. The summed E-state index contributed by atoms with van der Waals surface area (Å²) in [5.74, 6) is -1.12. The SMILES string of the molecule is O=C1Nc2ccc(F)cc2C1=CC(=O)c1ccc(Br)s1. The molecule has 1 aliphatic rings. The van der Waals surface area contributed by atoms with E-state index in [4.69, 9.17) is 0 Å². The predicted molar refractivity (Wildman–Crippen MR) is 79.4 cm³/mol. The van der Waals surface area contributed by atoms with Crippen LogP contribution in [0.2, 0.25) is 0 Å². The van der Waals surface area contributed by atoms with Gasteiger partial charge in [-0.2, -0.15) is 0 Å². The van der Waals surface area contributed by atoms with Crippen molar-refractivity contribution in [1.82, 2.24) is 0 Å². The minimum absolute atomic E-state index is 0.189. The van der Waals surface area contributed by atoms with E-state index >= 15 is 0 Å². The number of halogens is 2. The van der Waals surface area contributed by atoms with Crippen LogP contribution in [-0.4, -0.2) is 11.7 Å². The minimum Gasteiger partial charge on any atom is -0.321 e. The van der Waals surface area contributed by atoms with Gasteiger partial charge in [-0.25, -0.2) is 4.39 Å². The summed E-state index contributed by atoms with van der Waals surface area (Å²) >= 11 is 4.56. The number of allylic oxidation sites excluding steroid dienone is 1. The summed E-state index contributed by atoms with van der Waals surface area (Å²) in [6.07, 6.45) is 1.25. The zero-order valence-electron chi connectivity index (χ0n) is 9.94. The van der Waals surface area contributed by atoms with Crippen LogP contribution in [0.5, 0.6) is 0 Å². The van der Waals surface area contributed by atoms with Crippen LogP contribution in [0.1, 0.15) is 15.2 Å². The third-order valence-electron chi connectivity index (χ3n) is 2.86. The van der Waals surface area contributed by atoms with E-state index in [0.29, 0.717) is 16.1 Å². The van der Waals surface area contributed by atoms with Crippen molar-refractivity contribution in [2.24, 2.45) is 0 Å². The molecule has 3 rings (SSSR count). The van der Waals surface area contributed by atoms with Gasteiger partial charge >= 0.3 is 0 Å². The third-order valence-corrected chi connectivity index (χ3v) is 4.49. The Morgan fingerprint density at radius 1 is 1.30 bits per heavy atom. The lowest BCUT2D eigenvalue weighted by Gasteiger charge is -1.97. The van der Waals surface area contributed by atoms with Gasteiger partial charge in [0.1, 0.15) is 5.82 Å². The lowest BCUT2D eigenvalue weighted by molar-refractivity contribution is -0.110. The molecule has 0 fully saturated rings. The van der Waals surface area contributed by atoms with Crippen molar-refractivity contribution in [3.63, 3.8) is 0 Å². The van der Waals surface area contributed by atoms with Crippen molar-refractivity contribution in [3.05, 3.63) is 56.5 Å². The second-order valence-electron chi connectivity index (χ2n) is 4.17. The molecule has 100 valence electrons. The van der Waals surface area contributed by atoms with E-state index in [-0.39, 0.29) is 11.4 Å². The molecule has 1 aliphatic heterocycles. The second-order valence-corrected chi connectivity index (χ2v) is 6.63. The molecule has 0 saturated heterocycles. The highest BCUT2D eigenvalue weighted by atomic mass is 79.9. The number of amides is 1.